The fourth-order valence-corrected chi connectivity index (χ4v) is 13.6. The lowest BCUT2D eigenvalue weighted by molar-refractivity contribution is -0.786. The summed E-state index contributed by atoms with van der Waals surface area (Å²) in [5, 5.41) is 9.57. The molecule has 0 aromatic heterocycles. The van der Waals surface area contributed by atoms with E-state index in [0.29, 0.717) is 42.7 Å². The summed E-state index contributed by atoms with van der Waals surface area (Å²) in [4.78, 5) is 150. The number of nitrogens with zero attached hydrogens (tertiary/aromatic N) is 3. The van der Waals surface area contributed by atoms with E-state index in [2.05, 4.69) is 20.9 Å². The van der Waals surface area contributed by atoms with E-state index in [9.17, 15) is 24.0 Å². The van der Waals surface area contributed by atoms with Crippen molar-refractivity contribution in [2.75, 3.05) is 26.2 Å². The van der Waals surface area contributed by atoms with E-state index in [4.69, 9.17) is 39.1 Å². The molecule has 4 bridgehead atoms. The van der Waals surface area contributed by atoms with E-state index >= 15 is 24.0 Å². The molecule has 7 rings (SSSR count). The summed E-state index contributed by atoms with van der Waals surface area (Å²) in [6, 6.07) is 7.72. The van der Waals surface area contributed by atoms with Gasteiger partial charge in [-0.15, -0.1) is 0 Å². The molecule has 24 heteroatoms. The van der Waals surface area contributed by atoms with Gasteiger partial charge in [-0.3, -0.25) is 53.6 Å². The Morgan fingerprint density at radius 3 is 1.96 bits per heavy atom. The summed E-state index contributed by atoms with van der Waals surface area (Å²) in [5.74, 6) is -8.52. The normalized spacial score (nSPS) is 24.1. The molecule has 2 aromatic carbocycles. The van der Waals surface area contributed by atoms with Crippen LogP contribution in [0.5, 0.6) is 5.75 Å². The van der Waals surface area contributed by atoms with Gasteiger partial charge in [-0.2, -0.15) is 4.48 Å². The molecule has 1 saturated heterocycles. The summed E-state index contributed by atoms with van der Waals surface area (Å²) in [6.45, 7) is 7.45. The molecule has 2 unspecified atom stereocenters. The molecule has 4 aliphatic carbocycles. The fraction of sp³-hybridized carbons (Fsp3) is 0.603. The van der Waals surface area contributed by atoms with Gasteiger partial charge in [0.1, 0.15) is 23.9 Å². The maximum Gasteiger partial charge on any atom is 0.348 e. The summed E-state index contributed by atoms with van der Waals surface area (Å²) in [7, 11) is 0. The molecule has 0 spiro atoms. The van der Waals surface area contributed by atoms with E-state index in [1.807, 2.05) is 30.4 Å². The maximum atomic E-state index is 17.5. The van der Waals surface area contributed by atoms with Gasteiger partial charge < -0.3 is 55.1 Å². The van der Waals surface area contributed by atoms with Gasteiger partial charge in [0.15, 0.2) is 17.5 Å². The lowest BCUT2D eigenvalue weighted by atomic mass is 9.43. The van der Waals surface area contributed by atoms with Crippen LogP contribution in [-0.2, 0) is 60.8 Å². The largest absolute Gasteiger partial charge is 0.494 e. The van der Waals surface area contributed by atoms with Gasteiger partial charge in [0.25, 0.3) is 5.91 Å². The van der Waals surface area contributed by atoms with Crippen molar-refractivity contribution >= 4 is 65.0 Å². The Bertz CT molecular complexity index is 2680. The molecule has 4 saturated carbocycles. The number of likely N-dealkylation sites (tertiary alicyclic amines) is 1. The Balaban J connectivity index is 1.43. The van der Waals surface area contributed by atoms with Gasteiger partial charge in [0.2, 0.25) is 41.4 Å². The number of carbonyl (C=O) groups excluding carboxylic acids is 10. The molecule has 10 amide bonds. The number of quaternary nitrogens is 1. The van der Waals surface area contributed by atoms with Gasteiger partial charge in [-0.25, -0.2) is 9.59 Å². The second-order valence-electron chi connectivity index (χ2n) is 23.4. The van der Waals surface area contributed by atoms with Crippen molar-refractivity contribution < 1.29 is 57.2 Å². The molecule has 1 heterocycles. The van der Waals surface area contributed by atoms with Crippen LogP contribution in [0.2, 0.25) is 0 Å². The third-order valence-electron chi connectivity index (χ3n) is 17.2. The SMILES string of the molecule is CCOc1ccc(C[C@H](N)C(=O)N(C(C)=O)[C@@](Cc2ccccc2)(C(=O)[N+]2(C(=O)C(N)CC)CCC[C@H]2C(=O)N[C@@H](CCCN=C(N)N)C(=O)NCC(=O)NC(=O)[C@H](CC(N)=O)NC(=O)[C@@H](N)C(C)C)C23CC4CC(CC(C4)C2)C3)cc1. The Hall–Kier alpha value is -7.15. The predicted molar refractivity (Wildman–Crippen MR) is 303 cm³/mol. The number of amides is 10. The van der Waals surface area contributed by atoms with E-state index in [0.717, 1.165) is 24.2 Å². The molecule has 1 aliphatic heterocycles. The van der Waals surface area contributed by atoms with E-state index in [1.165, 1.54) is 6.92 Å². The topological polar surface area (TPSA) is 400 Å². The zero-order valence-electron chi connectivity index (χ0n) is 48.0. The quantitative estimate of drug-likeness (QED) is 0.0242. The van der Waals surface area contributed by atoms with E-state index < -0.39 is 124 Å². The predicted octanol–water partition coefficient (Wildman–Crippen LogP) is -0.0613. The summed E-state index contributed by atoms with van der Waals surface area (Å²) in [5.41, 5.74) is 34.2. The number of nitrogens with two attached hydrogens (primary N) is 6. The van der Waals surface area contributed by atoms with Gasteiger partial charge >= 0.3 is 11.8 Å². The van der Waals surface area contributed by atoms with Crippen molar-refractivity contribution in [1.29, 1.82) is 0 Å². The van der Waals surface area contributed by atoms with Crippen LogP contribution in [0.15, 0.2) is 59.6 Å². The van der Waals surface area contributed by atoms with Crippen molar-refractivity contribution in [2.45, 2.75) is 166 Å². The number of benzene rings is 2. The zero-order valence-corrected chi connectivity index (χ0v) is 48.0. The zero-order chi connectivity index (χ0) is 60.3. The van der Waals surface area contributed by atoms with Gasteiger partial charge in [0, 0.05) is 38.1 Å². The third kappa shape index (κ3) is 14.4. The molecule has 82 heavy (non-hydrogen) atoms. The van der Waals surface area contributed by atoms with Crippen molar-refractivity contribution in [2.24, 2.45) is 68.5 Å². The van der Waals surface area contributed by atoms with Crippen LogP contribution in [0.3, 0.4) is 0 Å². The number of hydrogen-bond acceptors (Lipinski definition) is 15. The highest BCUT2D eigenvalue weighted by atomic mass is 16.5. The standard InChI is InChI=1S/C58H85N13O11/c1-6-41(59)54(80)71(22-12-16-45(71)51(77)67-43(15-11-21-65-56(63)64)49(75)66-32-47(74)69-50(76)44(27-46(61)73)68-52(78)48(62)33(3)4)55(81)58(31-36-13-9-8-10-14-36,57-28-37-23-38(29-57)25-39(24-37)30-57)70(34(5)72)53(79)42(60)26-35-17-19-40(20-18-35)82-7-2/h8-10,13-14,17-20,33,37-39,41-45,48H,6-7,11-12,15-16,21-32,59-60,62H2,1-5H3,(H9-,61,63,64,65,66,67,68,69,73,74,75,76,77,78)/p+1/t37?,38?,39?,41?,42-,43-,44-,45-,48-,57?,58-,71?/m0/s1. The molecule has 24 nitrogen and oxygen atoms in total. The van der Waals surface area contributed by atoms with Crippen LogP contribution in [0.25, 0.3) is 0 Å². The summed E-state index contributed by atoms with van der Waals surface area (Å²) >= 11 is 0. The first-order valence-electron chi connectivity index (χ1n) is 28.7. The lowest BCUT2D eigenvalue weighted by Crippen LogP contribution is -2.81. The molecule has 5 fully saturated rings. The number of ether oxygens (including phenoxy) is 1. The first kappa shape index (κ1) is 64.0. The minimum atomic E-state index is -2.13. The number of carbonyl (C=O) groups is 10. The second kappa shape index (κ2) is 27.7. The van der Waals surface area contributed by atoms with Crippen LogP contribution in [0.4, 0.5) is 0 Å². The molecule has 2 aromatic rings. The second-order valence-corrected chi connectivity index (χ2v) is 23.4. The minimum absolute atomic E-state index is 0.00113. The molecular weight excluding hydrogens is 1050 g/mol. The fourth-order valence-electron chi connectivity index (χ4n) is 13.6. The van der Waals surface area contributed by atoms with E-state index in [-0.39, 0.29) is 87.7 Å². The van der Waals surface area contributed by atoms with Gasteiger partial charge in [0.05, 0.1) is 38.2 Å². The first-order valence-corrected chi connectivity index (χ1v) is 28.7. The Morgan fingerprint density at radius 2 is 1.41 bits per heavy atom. The van der Waals surface area contributed by atoms with Crippen LogP contribution >= 0.6 is 0 Å². The highest BCUT2D eigenvalue weighted by molar-refractivity contribution is 6.07. The van der Waals surface area contributed by atoms with Crippen LogP contribution in [-0.4, -0.2) is 142 Å². The molecule has 448 valence electrons. The average molecular weight is 1140 g/mol. The number of nitrogens with one attached hydrogen (secondary N) is 4. The Labute approximate surface area is 479 Å². The molecular formula is C58H86N13O11+. The number of hydrogen-bond donors (Lipinski definition) is 10. The Kier molecular flexibility index (Phi) is 21.7. The number of imide groups is 3. The number of primary amides is 1. The van der Waals surface area contributed by atoms with Gasteiger partial charge in [-0.05, 0) is 118 Å². The third-order valence-corrected chi connectivity index (χ3v) is 17.2. The highest BCUT2D eigenvalue weighted by Crippen LogP contribution is 2.66. The Morgan fingerprint density at radius 1 is 0.793 bits per heavy atom. The van der Waals surface area contributed by atoms with Crippen molar-refractivity contribution in [1.82, 2.24) is 26.2 Å². The number of guanidine groups is 1. The number of aliphatic imine (C=N–C) groups is 1. The van der Waals surface area contributed by atoms with Gasteiger partial charge in [-0.1, -0.05) is 63.2 Å². The molecule has 5 aliphatic rings. The monoisotopic (exact) mass is 1140 g/mol. The highest BCUT2D eigenvalue weighted by Gasteiger charge is 2.75. The van der Waals surface area contributed by atoms with Crippen LogP contribution in [0.1, 0.15) is 123 Å². The molecule has 8 atom stereocenters. The first-order chi connectivity index (χ1) is 38.8. The molecule has 16 N–H and O–H groups in total. The summed E-state index contributed by atoms with van der Waals surface area (Å²) in [6.07, 6.45) is 3.22. The summed E-state index contributed by atoms with van der Waals surface area (Å²) < 4.78 is 4.46. The lowest BCUT2D eigenvalue weighted by Gasteiger charge is -2.65. The van der Waals surface area contributed by atoms with E-state index in [1.54, 1.807) is 57.2 Å². The smallest absolute Gasteiger partial charge is 0.348 e. The number of rotatable bonds is 27. The van der Waals surface area contributed by atoms with Crippen molar-refractivity contribution in [3.63, 3.8) is 0 Å². The minimum Gasteiger partial charge on any atom is -0.494 e. The maximum absolute atomic E-state index is 17.5. The average Bonchev–Trinajstić information content (AvgIpc) is 1.16. The van der Waals surface area contributed by atoms with Crippen molar-refractivity contribution in [3.8, 4) is 5.75 Å². The van der Waals surface area contributed by atoms with Crippen molar-refractivity contribution in [3.05, 3.63) is 65.7 Å². The van der Waals surface area contributed by atoms with Crippen LogP contribution in [0, 0.1) is 29.1 Å². The van der Waals surface area contributed by atoms with Crippen LogP contribution < -0.4 is 60.4 Å². The molecule has 0 radical (unpaired) electrons.